The number of hydrogen-bond donors (Lipinski definition) is 2. The van der Waals surface area contributed by atoms with E-state index >= 15 is 4.39 Å². The van der Waals surface area contributed by atoms with Crippen LogP contribution in [0.1, 0.15) is 72.1 Å². The first kappa shape index (κ1) is 24.9. The van der Waals surface area contributed by atoms with Crippen molar-refractivity contribution in [1.29, 1.82) is 0 Å². The molecule has 0 aromatic heterocycles. The van der Waals surface area contributed by atoms with E-state index < -0.39 is 35.1 Å². The zero-order valence-electron chi connectivity index (χ0n) is 22.0. The summed E-state index contributed by atoms with van der Waals surface area (Å²) in [7, 11) is 0. The maximum Gasteiger partial charge on any atom is 0.178 e. The summed E-state index contributed by atoms with van der Waals surface area (Å²) < 4.78 is 15.9. The highest BCUT2D eigenvalue weighted by molar-refractivity contribution is 6.01. The molecule has 9 atom stereocenters. The van der Waals surface area contributed by atoms with Crippen LogP contribution >= 0.6 is 0 Å². The molecule has 0 radical (unpaired) electrons. The van der Waals surface area contributed by atoms with Crippen molar-refractivity contribution < 1.29 is 24.2 Å². The molecule has 9 unspecified atom stereocenters. The summed E-state index contributed by atoms with van der Waals surface area (Å²) in [5.41, 5.74) is -1.81. The average molecular weight is 500 g/mol. The van der Waals surface area contributed by atoms with Crippen LogP contribution in [0.3, 0.4) is 0 Å². The third-order valence-corrected chi connectivity index (χ3v) is 12.5. The molecule has 0 spiro atoms. The zero-order valence-corrected chi connectivity index (χ0v) is 22.0. The highest BCUT2D eigenvalue weighted by atomic mass is 19.1. The SMILES string of the molecule is CC12C=CC(=O)C=C1C(F)CC1C2C(O)CC2(C)C1(C)CC1CN(C3CCCCC3)CC12C(=O)CO. The molecule has 6 aliphatic rings. The second-order valence-corrected chi connectivity index (χ2v) is 13.6. The predicted molar refractivity (Wildman–Crippen MR) is 135 cm³/mol. The molecule has 36 heavy (non-hydrogen) atoms. The normalized spacial score (nSPS) is 50.8. The molecule has 0 aromatic rings. The van der Waals surface area contributed by atoms with E-state index in [1.54, 1.807) is 0 Å². The van der Waals surface area contributed by atoms with Crippen LogP contribution in [0.15, 0.2) is 23.8 Å². The number of aliphatic hydroxyl groups excluding tert-OH is 2. The third kappa shape index (κ3) is 2.93. The van der Waals surface area contributed by atoms with Crippen molar-refractivity contribution in [3.8, 4) is 0 Å². The van der Waals surface area contributed by atoms with Crippen LogP contribution in [0.4, 0.5) is 4.39 Å². The van der Waals surface area contributed by atoms with E-state index in [1.165, 1.54) is 44.3 Å². The van der Waals surface area contributed by atoms with E-state index in [1.807, 2.05) is 13.0 Å². The number of halogens is 1. The van der Waals surface area contributed by atoms with Crippen molar-refractivity contribution in [2.45, 2.75) is 90.5 Å². The summed E-state index contributed by atoms with van der Waals surface area (Å²) in [6.07, 6.45) is 10.5. The van der Waals surface area contributed by atoms with Gasteiger partial charge in [-0.2, -0.15) is 0 Å². The predicted octanol–water partition coefficient (Wildman–Crippen LogP) is 4.03. The smallest absolute Gasteiger partial charge is 0.178 e. The Kier molecular flexibility index (Phi) is 5.59. The fourth-order valence-corrected chi connectivity index (χ4v) is 10.8. The highest BCUT2D eigenvalue weighted by Gasteiger charge is 2.78. The van der Waals surface area contributed by atoms with Gasteiger partial charge < -0.3 is 10.2 Å². The van der Waals surface area contributed by atoms with Gasteiger partial charge in [-0.1, -0.05) is 46.1 Å². The third-order valence-electron chi connectivity index (χ3n) is 12.5. The maximum atomic E-state index is 15.9. The molecule has 198 valence electrons. The Labute approximate surface area is 214 Å². The van der Waals surface area contributed by atoms with Gasteiger partial charge in [0.1, 0.15) is 12.8 Å². The van der Waals surface area contributed by atoms with Crippen LogP contribution < -0.4 is 0 Å². The number of rotatable bonds is 3. The summed E-state index contributed by atoms with van der Waals surface area (Å²) in [6, 6.07) is 0.491. The molecular formula is C30H42FNO4. The van der Waals surface area contributed by atoms with E-state index in [9.17, 15) is 19.8 Å². The molecule has 0 aromatic carbocycles. The lowest BCUT2D eigenvalue weighted by molar-refractivity contribution is -0.190. The first-order valence-corrected chi connectivity index (χ1v) is 14.2. The molecule has 0 bridgehead atoms. The van der Waals surface area contributed by atoms with Crippen LogP contribution in [-0.4, -0.2) is 64.7 Å². The monoisotopic (exact) mass is 499 g/mol. The highest BCUT2D eigenvalue weighted by Crippen LogP contribution is 2.78. The summed E-state index contributed by atoms with van der Waals surface area (Å²) in [5, 5.41) is 22.1. The van der Waals surface area contributed by atoms with E-state index in [-0.39, 0.29) is 41.2 Å². The molecule has 5 nitrogen and oxygen atoms in total. The molecule has 1 heterocycles. The van der Waals surface area contributed by atoms with Gasteiger partial charge >= 0.3 is 0 Å². The van der Waals surface area contributed by atoms with Crippen molar-refractivity contribution in [1.82, 2.24) is 4.90 Å². The van der Waals surface area contributed by atoms with Gasteiger partial charge in [0.15, 0.2) is 11.6 Å². The molecule has 6 rings (SSSR count). The summed E-state index contributed by atoms with van der Waals surface area (Å²) in [4.78, 5) is 28.5. The number of carbonyl (C=O) groups excluding carboxylic acids is 2. The number of allylic oxidation sites excluding steroid dienone is 4. The maximum absolute atomic E-state index is 15.9. The molecule has 1 aliphatic heterocycles. The molecule has 4 saturated carbocycles. The molecule has 2 N–H and O–H groups in total. The number of aliphatic hydroxyl groups is 2. The van der Waals surface area contributed by atoms with Gasteiger partial charge in [0.2, 0.25) is 0 Å². The number of likely N-dealkylation sites (tertiary alicyclic amines) is 1. The average Bonchev–Trinajstić information content (AvgIpc) is 3.31. The molecule has 1 saturated heterocycles. The van der Waals surface area contributed by atoms with Gasteiger partial charge in [-0.25, -0.2) is 4.39 Å². The van der Waals surface area contributed by atoms with Crippen LogP contribution in [0.25, 0.3) is 0 Å². The standard InChI is InChI=1S/C30H42FNO4/c1-27-10-9-20(34)11-21(27)23(31)12-22-26(27)24(35)14-29(3)28(22,2)13-18-15-32(19-7-5-4-6-8-19)17-30(18,29)25(36)16-33/h9-11,18-19,22-24,26,33,35H,4-8,12-17H2,1-3H3. The van der Waals surface area contributed by atoms with Crippen LogP contribution in [0, 0.1) is 39.4 Å². The lowest BCUT2D eigenvalue weighted by Gasteiger charge is -2.65. The fourth-order valence-electron chi connectivity index (χ4n) is 10.8. The van der Waals surface area contributed by atoms with Gasteiger partial charge in [-0.15, -0.1) is 0 Å². The quantitative estimate of drug-likeness (QED) is 0.613. The summed E-state index contributed by atoms with van der Waals surface area (Å²) >= 11 is 0. The lowest BCUT2D eigenvalue weighted by atomic mass is 9.39. The molecule has 5 fully saturated rings. The Hall–Kier alpha value is -1.37. The second kappa shape index (κ2) is 8.07. The van der Waals surface area contributed by atoms with E-state index in [2.05, 4.69) is 18.7 Å². The number of Topliss-reactive ketones (excluding diaryl/α,β-unsaturated/α-hetero) is 1. The van der Waals surface area contributed by atoms with Gasteiger partial charge in [0.05, 0.1) is 11.5 Å². The molecule has 6 heteroatoms. The minimum Gasteiger partial charge on any atom is -0.393 e. The van der Waals surface area contributed by atoms with Gasteiger partial charge in [-0.05, 0) is 72.5 Å². The molecule has 5 aliphatic carbocycles. The Balaban J connectivity index is 1.43. The van der Waals surface area contributed by atoms with Crippen LogP contribution in [-0.2, 0) is 9.59 Å². The van der Waals surface area contributed by atoms with Crippen molar-refractivity contribution in [2.75, 3.05) is 19.7 Å². The fraction of sp³-hybridized carbons (Fsp3) is 0.800. The minimum atomic E-state index is -1.24. The largest absolute Gasteiger partial charge is 0.393 e. The van der Waals surface area contributed by atoms with E-state index in [0.717, 1.165) is 13.0 Å². The molecular weight excluding hydrogens is 457 g/mol. The van der Waals surface area contributed by atoms with Crippen molar-refractivity contribution in [2.24, 2.45) is 39.4 Å². The molecule has 0 amide bonds. The first-order chi connectivity index (χ1) is 17.0. The Bertz CT molecular complexity index is 1030. The summed E-state index contributed by atoms with van der Waals surface area (Å²) in [6.45, 7) is 7.42. The number of fused-ring (bicyclic) bond motifs is 7. The Morgan fingerprint density at radius 3 is 2.58 bits per heavy atom. The van der Waals surface area contributed by atoms with E-state index in [0.29, 0.717) is 24.6 Å². The Morgan fingerprint density at radius 2 is 1.89 bits per heavy atom. The number of alkyl halides is 1. The summed E-state index contributed by atoms with van der Waals surface area (Å²) in [5.74, 6) is -0.488. The van der Waals surface area contributed by atoms with Gasteiger partial charge in [0, 0.05) is 30.5 Å². The second-order valence-electron chi connectivity index (χ2n) is 13.6. The number of nitrogens with zero attached hydrogens (tertiary/aromatic N) is 1. The van der Waals surface area contributed by atoms with Gasteiger partial charge in [0.25, 0.3) is 0 Å². The first-order valence-electron chi connectivity index (χ1n) is 14.2. The van der Waals surface area contributed by atoms with Crippen LogP contribution in [0.2, 0.25) is 0 Å². The zero-order chi connectivity index (χ0) is 25.7. The lowest BCUT2D eigenvalue weighted by Crippen LogP contribution is -2.65. The van der Waals surface area contributed by atoms with Crippen molar-refractivity contribution in [3.05, 3.63) is 23.8 Å². The Morgan fingerprint density at radius 1 is 1.17 bits per heavy atom. The van der Waals surface area contributed by atoms with E-state index in [4.69, 9.17) is 0 Å². The van der Waals surface area contributed by atoms with Crippen molar-refractivity contribution >= 4 is 11.6 Å². The van der Waals surface area contributed by atoms with Crippen molar-refractivity contribution in [3.63, 3.8) is 0 Å². The number of ketones is 2. The van der Waals surface area contributed by atoms with Gasteiger partial charge in [-0.3, -0.25) is 14.5 Å². The number of hydrogen-bond acceptors (Lipinski definition) is 5. The minimum absolute atomic E-state index is 0.0924. The number of carbonyl (C=O) groups is 2. The topological polar surface area (TPSA) is 77.8 Å². The van der Waals surface area contributed by atoms with Crippen LogP contribution in [0.5, 0.6) is 0 Å².